The van der Waals surface area contributed by atoms with Gasteiger partial charge in [0.15, 0.2) is 0 Å². The van der Waals surface area contributed by atoms with Gasteiger partial charge in [-0.05, 0) is 30.3 Å². The number of carbonyl (C=O) groups is 1. The number of amides is 1. The molecule has 1 aromatic carbocycles. The molecule has 0 atom stereocenters. The molecule has 2 N–H and O–H groups in total. The highest BCUT2D eigenvalue weighted by atomic mass is 79.9. The highest BCUT2D eigenvalue weighted by molar-refractivity contribution is 9.10. The third kappa shape index (κ3) is 4.09. The molecule has 1 amide bonds. The number of allylic oxidation sites excluding steroid dienone is 1. The van der Waals surface area contributed by atoms with Gasteiger partial charge in [0.25, 0.3) is 0 Å². The van der Waals surface area contributed by atoms with Gasteiger partial charge in [-0.3, -0.25) is 9.78 Å². The Morgan fingerprint density at radius 2 is 2.11 bits per heavy atom. The number of nitrogens with one attached hydrogen (secondary N) is 2. The van der Waals surface area contributed by atoms with E-state index in [0.29, 0.717) is 16.8 Å². The molecule has 0 aliphatic rings. The molecule has 3 aromatic rings. The number of pyridine rings is 1. The highest BCUT2D eigenvalue weighted by Crippen LogP contribution is 2.30. The summed E-state index contributed by atoms with van der Waals surface area (Å²) in [7, 11) is 0. The van der Waals surface area contributed by atoms with E-state index < -0.39 is 5.41 Å². The van der Waals surface area contributed by atoms with Crippen LogP contribution in [0.3, 0.4) is 0 Å². The van der Waals surface area contributed by atoms with Crippen molar-refractivity contribution in [2.75, 3.05) is 5.32 Å². The number of benzene rings is 1. The Morgan fingerprint density at radius 3 is 2.81 bits per heavy atom. The second kappa shape index (κ2) is 7.37. The predicted octanol–water partition coefficient (Wildman–Crippen LogP) is 5.37. The zero-order valence-electron chi connectivity index (χ0n) is 15.3. The number of nitrogens with zero attached hydrogens (tertiary/aromatic N) is 2. The molecular weight excluding hydrogens is 404 g/mol. The molecule has 0 aliphatic heterocycles. The van der Waals surface area contributed by atoms with Gasteiger partial charge >= 0.3 is 0 Å². The summed E-state index contributed by atoms with van der Waals surface area (Å²) in [5, 5.41) is 13.6. The van der Waals surface area contributed by atoms with Crippen molar-refractivity contribution in [1.82, 2.24) is 9.97 Å². The molecule has 0 aliphatic carbocycles. The van der Waals surface area contributed by atoms with Crippen molar-refractivity contribution in [3.8, 4) is 6.07 Å². The Morgan fingerprint density at radius 1 is 1.33 bits per heavy atom. The number of hydrogen-bond donors (Lipinski definition) is 2. The maximum atomic E-state index is 12.4. The Kier molecular flexibility index (Phi) is 5.15. The molecule has 136 valence electrons. The normalized spacial score (nSPS) is 12.0. The van der Waals surface area contributed by atoms with Crippen LogP contribution < -0.4 is 5.32 Å². The fraction of sp³-hybridized carbons (Fsp3) is 0.190. The quantitative estimate of drug-likeness (QED) is 0.556. The molecular formula is C21H19BrN4O. The lowest BCUT2D eigenvalue weighted by atomic mass is 9.95. The number of halogens is 1. The fourth-order valence-electron chi connectivity index (χ4n) is 2.59. The van der Waals surface area contributed by atoms with Gasteiger partial charge in [0.2, 0.25) is 5.91 Å². The van der Waals surface area contributed by atoms with Crippen LogP contribution in [-0.2, 0) is 4.79 Å². The third-order valence-corrected chi connectivity index (χ3v) is 4.63. The summed E-state index contributed by atoms with van der Waals surface area (Å²) in [4.78, 5) is 19.7. The van der Waals surface area contributed by atoms with Crippen molar-refractivity contribution in [3.05, 3.63) is 58.5 Å². The average molecular weight is 423 g/mol. The van der Waals surface area contributed by atoms with E-state index >= 15 is 0 Å². The number of aromatic amines is 1. The van der Waals surface area contributed by atoms with Gasteiger partial charge in [0.1, 0.15) is 0 Å². The first kappa shape index (κ1) is 18.9. The van der Waals surface area contributed by atoms with Crippen LogP contribution in [0.4, 0.5) is 5.69 Å². The summed E-state index contributed by atoms with van der Waals surface area (Å²) in [5.74, 6) is -0.0992. The highest BCUT2D eigenvalue weighted by Gasteiger charge is 2.22. The van der Waals surface area contributed by atoms with Crippen molar-refractivity contribution < 1.29 is 4.79 Å². The first-order chi connectivity index (χ1) is 12.8. The molecule has 2 aromatic heterocycles. The number of nitriles is 1. The molecule has 0 bridgehead atoms. The van der Waals surface area contributed by atoms with Gasteiger partial charge in [0.05, 0.1) is 17.3 Å². The van der Waals surface area contributed by atoms with Crippen LogP contribution in [0.25, 0.3) is 22.6 Å². The van der Waals surface area contributed by atoms with E-state index in [1.807, 2.05) is 45.2 Å². The van der Waals surface area contributed by atoms with Crippen LogP contribution in [0.5, 0.6) is 0 Å². The molecule has 0 saturated carbocycles. The van der Waals surface area contributed by atoms with E-state index in [1.54, 1.807) is 24.5 Å². The second-order valence-electron chi connectivity index (χ2n) is 7.23. The predicted molar refractivity (Wildman–Crippen MR) is 112 cm³/mol. The van der Waals surface area contributed by atoms with Gasteiger partial charge in [0, 0.05) is 50.5 Å². The van der Waals surface area contributed by atoms with E-state index in [1.165, 1.54) is 0 Å². The first-order valence-electron chi connectivity index (χ1n) is 8.44. The summed E-state index contributed by atoms with van der Waals surface area (Å²) >= 11 is 3.47. The molecule has 6 heteroatoms. The minimum atomic E-state index is -0.522. The Balaban J connectivity index is 2.05. The van der Waals surface area contributed by atoms with E-state index in [9.17, 15) is 10.1 Å². The van der Waals surface area contributed by atoms with Crippen molar-refractivity contribution >= 4 is 50.1 Å². The third-order valence-electron chi connectivity index (χ3n) is 4.14. The van der Waals surface area contributed by atoms with Crippen LogP contribution in [0.2, 0.25) is 0 Å². The lowest BCUT2D eigenvalue weighted by Gasteiger charge is -2.18. The number of aromatic nitrogens is 2. The van der Waals surface area contributed by atoms with Crippen LogP contribution in [0.1, 0.15) is 31.9 Å². The minimum Gasteiger partial charge on any atom is -0.361 e. The molecule has 0 radical (unpaired) electrons. The van der Waals surface area contributed by atoms with Gasteiger partial charge in [-0.1, -0.05) is 36.7 Å². The first-order valence-corrected chi connectivity index (χ1v) is 9.23. The minimum absolute atomic E-state index is 0.0992. The van der Waals surface area contributed by atoms with Crippen molar-refractivity contribution in [2.24, 2.45) is 5.41 Å². The number of fused-ring (bicyclic) bond motifs is 1. The number of H-pyrrole nitrogens is 1. The zero-order valence-corrected chi connectivity index (χ0v) is 16.9. The van der Waals surface area contributed by atoms with Gasteiger partial charge in [-0.25, -0.2) is 0 Å². The second-order valence-corrected chi connectivity index (χ2v) is 8.14. The van der Waals surface area contributed by atoms with Crippen LogP contribution in [-0.4, -0.2) is 15.9 Å². The molecule has 2 heterocycles. The molecule has 5 nitrogen and oxygen atoms in total. The molecule has 0 unspecified atom stereocenters. The Labute approximate surface area is 166 Å². The largest absolute Gasteiger partial charge is 0.361 e. The summed E-state index contributed by atoms with van der Waals surface area (Å²) in [5.41, 5.74) is 3.01. The summed E-state index contributed by atoms with van der Waals surface area (Å²) in [6.45, 7) is 5.55. The maximum absolute atomic E-state index is 12.4. The molecule has 0 fully saturated rings. The van der Waals surface area contributed by atoms with Crippen LogP contribution >= 0.6 is 15.9 Å². The van der Waals surface area contributed by atoms with E-state index in [2.05, 4.69) is 37.3 Å². The van der Waals surface area contributed by atoms with Gasteiger partial charge < -0.3 is 10.3 Å². The van der Waals surface area contributed by atoms with Gasteiger partial charge in [-0.2, -0.15) is 5.26 Å². The van der Waals surface area contributed by atoms with Crippen molar-refractivity contribution in [3.63, 3.8) is 0 Å². The monoisotopic (exact) mass is 422 g/mol. The topological polar surface area (TPSA) is 81.6 Å². The number of hydrogen-bond acceptors (Lipinski definition) is 3. The lowest BCUT2D eigenvalue weighted by molar-refractivity contribution is -0.123. The molecule has 0 spiro atoms. The van der Waals surface area contributed by atoms with E-state index in [4.69, 9.17) is 0 Å². The molecule has 3 rings (SSSR count). The SMILES string of the molecule is CC(C)(C)C(=O)Nc1ccncc1/C=C(\C#N)c1c[nH]c2ccc(Br)cc12. The van der Waals surface area contributed by atoms with Crippen molar-refractivity contribution in [2.45, 2.75) is 20.8 Å². The van der Waals surface area contributed by atoms with E-state index in [-0.39, 0.29) is 5.91 Å². The number of anilines is 1. The van der Waals surface area contributed by atoms with Crippen molar-refractivity contribution in [1.29, 1.82) is 5.26 Å². The Hall–Kier alpha value is -2.91. The Bertz CT molecular complexity index is 1080. The van der Waals surface area contributed by atoms with Gasteiger partial charge in [-0.15, -0.1) is 0 Å². The molecule has 0 saturated heterocycles. The smallest absolute Gasteiger partial charge is 0.229 e. The summed E-state index contributed by atoms with van der Waals surface area (Å²) in [6, 6.07) is 9.86. The number of carbonyl (C=O) groups excluding carboxylic acids is 1. The van der Waals surface area contributed by atoms with E-state index in [0.717, 1.165) is 20.9 Å². The summed E-state index contributed by atoms with van der Waals surface area (Å²) < 4.78 is 0.938. The number of rotatable bonds is 3. The molecule has 27 heavy (non-hydrogen) atoms. The lowest BCUT2D eigenvalue weighted by Crippen LogP contribution is -2.27. The average Bonchev–Trinajstić information content (AvgIpc) is 3.03. The van der Waals surface area contributed by atoms with Crippen LogP contribution in [0, 0.1) is 16.7 Å². The van der Waals surface area contributed by atoms with Crippen LogP contribution in [0.15, 0.2) is 47.3 Å². The fourth-order valence-corrected chi connectivity index (χ4v) is 2.95. The maximum Gasteiger partial charge on any atom is 0.229 e. The standard InChI is InChI=1S/C21H19BrN4O/c1-21(2,3)20(27)26-18-6-7-24-11-14(18)8-13(10-23)17-12-25-19-5-4-15(22)9-16(17)19/h4-9,11-12,25H,1-3H3,(H,24,26,27)/b13-8+. The summed E-state index contributed by atoms with van der Waals surface area (Å²) in [6.07, 6.45) is 6.82. The zero-order chi connectivity index (χ0) is 19.6.